The maximum absolute atomic E-state index is 12.2. The first-order chi connectivity index (χ1) is 11.1. The maximum atomic E-state index is 12.2. The molecular weight excluding hydrogens is 310 g/mol. The van der Waals surface area contributed by atoms with Crippen LogP contribution in [0.2, 0.25) is 0 Å². The van der Waals surface area contributed by atoms with Crippen LogP contribution in [0, 0.1) is 17.2 Å². The van der Waals surface area contributed by atoms with Gasteiger partial charge in [-0.25, -0.2) is 0 Å². The number of benzene rings is 1. The van der Waals surface area contributed by atoms with E-state index < -0.39 is 5.54 Å². The van der Waals surface area contributed by atoms with Crippen LogP contribution in [-0.2, 0) is 4.79 Å². The zero-order chi connectivity index (χ0) is 16.3. The molecule has 1 heterocycles. The molecule has 1 aromatic heterocycles. The summed E-state index contributed by atoms with van der Waals surface area (Å²) in [6, 6.07) is 11.9. The van der Waals surface area contributed by atoms with E-state index in [-0.39, 0.29) is 17.6 Å². The van der Waals surface area contributed by atoms with Gasteiger partial charge in [0, 0.05) is 5.69 Å². The van der Waals surface area contributed by atoms with Crippen LogP contribution >= 0.6 is 11.8 Å². The normalized spacial score (nSPS) is 16.3. The molecule has 23 heavy (non-hydrogen) atoms. The molecule has 1 amide bonds. The van der Waals surface area contributed by atoms with Gasteiger partial charge in [-0.15, -0.1) is 10.2 Å². The third-order valence-corrected chi connectivity index (χ3v) is 4.85. The molecule has 1 N–H and O–H groups in total. The average Bonchev–Trinajstić information content (AvgIpc) is 3.33. The number of hydrogen-bond acceptors (Lipinski definition) is 5. The minimum atomic E-state index is -0.759. The quantitative estimate of drug-likeness (QED) is 0.822. The van der Waals surface area contributed by atoms with Gasteiger partial charge in [-0.1, -0.05) is 30.0 Å². The summed E-state index contributed by atoms with van der Waals surface area (Å²) in [6.45, 7) is 1.79. The number of carbonyl (C=O) groups excluding carboxylic acids is 1. The van der Waals surface area contributed by atoms with Gasteiger partial charge in [-0.2, -0.15) is 5.26 Å². The molecule has 0 spiro atoms. The summed E-state index contributed by atoms with van der Waals surface area (Å²) >= 11 is 1.31. The third-order valence-electron chi connectivity index (χ3n) is 3.91. The Morgan fingerprint density at radius 3 is 2.87 bits per heavy atom. The summed E-state index contributed by atoms with van der Waals surface area (Å²) in [5.41, 5.74) is 0.185. The highest BCUT2D eigenvalue weighted by Gasteiger charge is 2.42. The van der Waals surface area contributed by atoms with Crippen molar-refractivity contribution in [2.24, 2.45) is 5.92 Å². The molecule has 1 fully saturated rings. The van der Waals surface area contributed by atoms with Gasteiger partial charge >= 0.3 is 0 Å². The molecule has 0 bridgehead atoms. The van der Waals surface area contributed by atoms with Crippen molar-refractivity contribution in [1.82, 2.24) is 20.1 Å². The minimum absolute atomic E-state index is 0.159. The fraction of sp³-hybridized carbons (Fsp3) is 0.375. The highest BCUT2D eigenvalue weighted by molar-refractivity contribution is 7.99. The zero-order valence-corrected chi connectivity index (χ0v) is 13.6. The van der Waals surface area contributed by atoms with Gasteiger partial charge in [0.05, 0.1) is 11.8 Å². The Hall–Kier alpha value is -2.33. The van der Waals surface area contributed by atoms with Crippen LogP contribution in [0.5, 0.6) is 0 Å². The fourth-order valence-electron chi connectivity index (χ4n) is 2.43. The number of nitriles is 1. The Balaban J connectivity index is 1.62. The number of aromatic nitrogens is 3. The summed E-state index contributed by atoms with van der Waals surface area (Å²) in [6.07, 6.45) is 3.62. The second-order valence-corrected chi connectivity index (χ2v) is 6.69. The summed E-state index contributed by atoms with van der Waals surface area (Å²) in [4.78, 5) is 12.2. The molecule has 2 aromatic rings. The van der Waals surface area contributed by atoms with Gasteiger partial charge in [-0.3, -0.25) is 9.36 Å². The molecule has 3 rings (SSSR count). The van der Waals surface area contributed by atoms with E-state index in [0.717, 1.165) is 18.5 Å². The van der Waals surface area contributed by atoms with Crippen molar-refractivity contribution >= 4 is 17.7 Å². The van der Waals surface area contributed by atoms with Crippen molar-refractivity contribution in [3.63, 3.8) is 0 Å². The maximum Gasteiger partial charge on any atom is 0.231 e. The van der Waals surface area contributed by atoms with Gasteiger partial charge in [-0.05, 0) is 37.8 Å². The van der Waals surface area contributed by atoms with Crippen LogP contribution in [0.1, 0.15) is 19.8 Å². The summed E-state index contributed by atoms with van der Waals surface area (Å²) < 4.78 is 1.84. The van der Waals surface area contributed by atoms with E-state index in [1.54, 1.807) is 13.3 Å². The molecule has 1 aromatic carbocycles. The molecular formula is C16H17N5OS. The molecule has 0 saturated heterocycles. The van der Waals surface area contributed by atoms with E-state index in [2.05, 4.69) is 21.6 Å². The number of nitrogens with zero attached hydrogens (tertiary/aromatic N) is 4. The van der Waals surface area contributed by atoms with E-state index in [1.165, 1.54) is 11.8 Å². The molecule has 118 valence electrons. The van der Waals surface area contributed by atoms with Crippen molar-refractivity contribution in [2.45, 2.75) is 30.5 Å². The first kappa shape index (κ1) is 15.6. The first-order valence-corrected chi connectivity index (χ1v) is 8.41. The van der Waals surface area contributed by atoms with Crippen molar-refractivity contribution in [2.75, 3.05) is 5.75 Å². The molecule has 1 atom stereocenters. The highest BCUT2D eigenvalue weighted by atomic mass is 32.2. The molecule has 1 saturated carbocycles. The Morgan fingerprint density at radius 2 is 2.22 bits per heavy atom. The standard InChI is InChI=1S/C16H17N5OS/c1-16(10-17,12-7-8-12)19-14(22)9-23-15-20-18-11-21(15)13-5-3-2-4-6-13/h2-6,11-12H,7-9H2,1H3,(H,19,22). The molecule has 0 radical (unpaired) electrons. The number of thioether (sulfide) groups is 1. The SMILES string of the molecule is CC(C#N)(NC(=O)CSc1nncn1-c1ccccc1)C1CC1. The third kappa shape index (κ3) is 3.54. The number of carbonyl (C=O) groups is 1. The lowest BCUT2D eigenvalue weighted by molar-refractivity contribution is -0.119. The van der Waals surface area contributed by atoms with Crippen LogP contribution in [0.15, 0.2) is 41.8 Å². The Bertz CT molecular complexity index is 734. The van der Waals surface area contributed by atoms with Crippen LogP contribution < -0.4 is 5.32 Å². The molecule has 1 unspecified atom stereocenters. The van der Waals surface area contributed by atoms with E-state index in [4.69, 9.17) is 0 Å². The lowest BCUT2D eigenvalue weighted by Crippen LogP contribution is -2.47. The lowest BCUT2D eigenvalue weighted by atomic mass is 9.98. The number of nitrogens with one attached hydrogen (secondary N) is 1. The Morgan fingerprint density at radius 1 is 1.48 bits per heavy atom. The highest BCUT2D eigenvalue weighted by Crippen LogP contribution is 2.39. The van der Waals surface area contributed by atoms with Gasteiger partial charge in [0.1, 0.15) is 11.9 Å². The number of hydrogen-bond donors (Lipinski definition) is 1. The predicted molar refractivity (Wildman–Crippen MR) is 87.0 cm³/mol. The van der Waals surface area contributed by atoms with Crippen LogP contribution in [0.25, 0.3) is 5.69 Å². The van der Waals surface area contributed by atoms with Gasteiger partial charge in [0.25, 0.3) is 0 Å². The number of para-hydroxylation sites is 1. The molecule has 7 heteroatoms. The smallest absolute Gasteiger partial charge is 0.231 e. The second-order valence-electron chi connectivity index (χ2n) is 5.74. The van der Waals surface area contributed by atoms with E-state index in [9.17, 15) is 10.1 Å². The predicted octanol–water partition coefficient (Wildman–Crippen LogP) is 2.17. The summed E-state index contributed by atoms with van der Waals surface area (Å²) in [5.74, 6) is 0.318. The van der Waals surface area contributed by atoms with Crippen LogP contribution in [0.3, 0.4) is 0 Å². The minimum Gasteiger partial charge on any atom is -0.337 e. The van der Waals surface area contributed by atoms with Gasteiger partial charge < -0.3 is 5.32 Å². The number of rotatable bonds is 6. The van der Waals surface area contributed by atoms with Gasteiger partial charge in [0.2, 0.25) is 5.91 Å². The van der Waals surface area contributed by atoms with Crippen molar-refractivity contribution in [1.29, 1.82) is 5.26 Å². The number of amides is 1. The van der Waals surface area contributed by atoms with Crippen molar-refractivity contribution in [3.05, 3.63) is 36.7 Å². The second kappa shape index (κ2) is 6.42. The Kier molecular flexibility index (Phi) is 4.35. The van der Waals surface area contributed by atoms with Crippen LogP contribution in [-0.4, -0.2) is 32.0 Å². The summed E-state index contributed by atoms with van der Waals surface area (Å²) in [5, 5.41) is 20.8. The van der Waals surface area contributed by atoms with Gasteiger partial charge in [0.15, 0.2) is 5.16 Å². The van der Waals surface area contributed by atoms with E-state index in [1.807, 2.05) is 34.9 Å². The van der Waals surface area contributed by atoms with Crippen LogP contribution in [0.4, 0.5) is 0 Å². The van der Waals surface area contributed by atoms with Crippen molar-refractivity contribution < 1.29 is 4.79 Å². The van der Waals surface area contributed by atoms with E-state index in [0.29, 0.717) is 5.16 Å². The molecule has 6 nitrogen and oxygen atoms in total. The zero-order valence-electron chi connectivity index (χ0n) is 12.8. The first-order valence-electron chi connectivity index (χ1n) is 7.43. The fourth-order valence-corrected chi connectivity index (χ4v) is 3.16. The monoisotopic (exact) mass is 327 g/mol. The van der Waals surface area contributed by atoms with Crippen molar-refractivity contribution in [3.8, 4) is 11.8 Å². The Labute approximate surface area is 138 Å². The average molecular weight is 327 g/mol. The lowest BCUT2D eigenvalue weighted by Gasteiger charge is -2.22. The largest absolute Gasteiger partial charge is 0.337 e. The van der Waals surface area contributed by atoms with E-state index >= 15 is 0 Å². The summed E-state index contributed by atoms with van der Waals surface area (Å²) in [7, 11) is 0. The molecule has 1 aliphatic carbocycles. The molecule has 0 aliphatic heterocycles. The molecule has 1 aliphatic rings. The topological polar surface area (TPSA) is 83.6 Å².